The molecule has 0 amide bonds. The molecule has 2 heteroatoms. The maximum atomic E-state index is 14.1. The van der Waals surface area contributed by atoms with Crippen LogP contribution >= 0.6 is 0 Å². The lowest BCUT2D eigenvalue weighted by molar-refractivity contribution is 0.412. The predicted octanol–water partition coefficient (Wildman–Crippen LogP) is 6.49. The SMILES string of the molecule is CCC1(CC)CN(C(c2ccccc2)c2ccccc2)c2ccc(F)cc21. The van der Waals surface area contributed by atoms with Crippen molar-refractivity contribution >= 4 is 5.69 Å². The zero-order chi connectivity index (χ0) is 18.9. The predicted molar refractivity (Wildman–Crippen MR) is 111 cm³/mol. The Labute approximate surface area is 161 Å². The van der Waals surface area contributed by atoms with Gasteiger partial charge in [0.25, 0.3) is 0 Å². The van der Waals surface area contributed by atoms with Crippen LogP contribution in [-0.4, -0.2) is 6.54 Å². The Kier molecular flexibility index (Phi) is 4.73. The topological polar surface area (TPSA) is 3.24 Å². The van der Waals surface area contributed by atoms with Crippen LogP contribution in [0.25, 0.3) is 0 Å². The highest BCUT2D eigenvalue weighted by Gasteiger charge is 2.43. The van der Waals surface area contributed by atoms with Crippen molar-refractivity contribution in [3.8, 4) is 0 Å². The molecule has 0 spiro atoms. The largest absolute Gasteiger partial charge is 0.359 e. The first-order valence-corrected chi connectivity index (χ1v) is 9.85. The van der Waals surface area contributed by atoms with E-state index < -0.39 is 0 Å². The summed E-state index contributed by atoms with van der Waals surface area (Å²) in [4.78, 5) is 2.48. The molecule has 0 fully saturated rings. The Morgan fingerprint density at radius 2 is 1.41 bits per heavy atom. The highest BCUT2D eigenvalue weighted by Crippen LogP contribution is 2.49. The van der Waals surface area contributed by atoms with Gasteiger partial charge in [0.15, 0.2) is 0 Å². The molecule has 1 heterocycles. The van der Waals surface area contributed by atoms with Crippen molar-refractivity contribution in [2.24, 2.45) is 0 Å². The van der Waals surface area contributed by atoms with Crippen LogP contribution in [0.3, 0.4) is 0 Å². The fourth-order valence-electron chi connectivity index (χ4n) is 4.59. The number of hydrogen-bond donors (Lipinski definition) is 0. The van der Waals surface area contributed by atoms with Crippen LogP contribution in [0.1, 0.15) is 49.4 Å². The van der Waals surface area contributed by atoms with Crippen LogP contribution in [-0.2, 0) is 5.41 Å². The van der Waals surface area contributed by atoms with Gasteiger partial charge in [-0.05, 0) is 47.7 Å². The smallest absolute Gasteiger partial charge is 0.123 e. The zero-order valence-corrected chi connectivity index (χ0v) is 16.0. The summed E-state index contributed by atoms with van der Waals surface area (Å²) in [5.74, 6) is -0.141. The molecule has 0 unspecified atom stereocenters. The molecule has 0 bridgehead atoms. The quantitative estimate of drug-likeness (QED) is 0.503. The first-order valence-electron chi connectivity index (χ1n) is 9.85. The number of halogens is 1. The third kappa shape index (κ3) is 3.03. The van der Waals surface area contributed by atoms with Gasteiger partial charge in [0.05, 0.1) is 6.04 Å². The standard InChI is InChI=1S/C25H26FN/c1-3-25(4-2)18-27(23-16-15-21(26)17-22(23)25)24(19-11-7-5-8-12-19)20-13-9-6-10-14-20/h5-17,24H,3-4,18H2,1-2H3. The molecule has 1 aliphatic heterocycles. The lowest BCUT2D eigenvalue weighted by Crippen LogP contribution is -2.35. The lowest BCUT2D eigenvalue weighted by atomic mass is 9.77. The third-order valence-electron chi connectivity index (χ3n) is 6.21. The highest BCUT2D eigenvalue weighted by molar-refractivity contribution is 5.65. The lowest BCUT2D eigenvalue weighted by Gasteiger charge is -2.34. The van der Waals surface area contributed by atoms with Gasteiger partial charge in [0.1, 0.15) is 5.82 Å². The van der Waals surface area contributed by atoms with E-state index in [0.29, 0.717) is 0 Å². The molecule has 0 N–H and O–H groups in total. The summed E-state index contributed by atoms with van der Waals surface area (Å²) in [6, 6.07) is 26.7. The van der Waals surface area contributed by atoms with Crippen molar-refractivity contribution in [2.45, 2.75) is 38.1 Å². The van der Waals surface area contributed by atoms with Gasteiger partial charge in [-0.25, -0.2) is 4.39 Å². The maximum Gasteiger partial charge on any atom is 0.123 e. The molecule has 0 radical (unpaired) electrons. The van der Waals surface area contributed by atoms with Crippen molar-refractivity contribution in [3.63, 3.8) is 0 Å². The first kappa shape index (κ1) is 17.8. The van der Waals surface area contributed by atoms with E-state index >= 15 is 0 Å². The van der Waals surface area contributed by atoms with Gasteiger partial charge < -0.3 is 4.90 Å². The average molecular weight is 359 g/mol. The summed E-state index contributed by atoms with van der Waals surface area (Å²) >= 11 is 0. The number of benzene rings is 3. The second-order valence-corrected chi connectivity index (χ2v) is 7.50. The van der Waals surface area contributed by atoms with Crippen molar-refractivity contribution in [1.82, 2.24) is 0 Å². The van der Waals surface area contributed by atoms with Crippen molar-refractivity contribution in [3.05, 3.63) is 101 Å². The molecule has 138 valence electrons. The Bertz CT molecular complexity index is 861. The monoisotopic (exact) mass is 359 g/mol. The van der Waals surface area contributed by atoms with Gasteiger partial charge in [0.2, 0.25) is 0 Å². The second kappa shape index (κ2) is 7.19. The van der Waals surface area contributed by atoms with Crippen molar-refractivity contribution in [2.75, 3.05) is 11.4 Å². The normalized spacial score (nSPS) is 15.2. The number of fused-ring (bicyclic) bond motifs is 1. The van der Waals surface area contributed by atoms with Gasteiger partial charge in [-0.15, -0.1) is 0 Å². The Morgan fingerprint density at radius 1 is 0.852 bits per heavy atom. The summed E-state index contributed by atoms with van der Waals surface area (Å²) in [5.41, 5.74) is 4.85. The van der Waals surface area contributed by atoms with Crippen LogP contribution in [0.5, 0.6) is 0 Å². The van der Waals surface area contributed by atoms with Gasteiger partial charge in [-0.3, -0.25) is 0 Å². The van der Waals surface area contributed by atoms with E-state index in [9.17, 15) is 4.39 Å². The number of nitrogens with zero attached hydrogens (tertiary/aromatic N) is 1. The Hall–Kier alpha value is -2.61. The minimum atomic E-state index is -0.141. The maximum absolute atomic E-state index is 14.1. The minimum absolute atomic E-state index is 0.000750. The Morgan fingerprint density at radius 3 is 1.93 bits per heavy atom. The van der Waals surface area contributed by atoms with E-state index in [2.05, 4.69) is 79.4 Å². The average Bonchev–Trinajstić information content (AvgIpc) is 3.04. The van der Waals surface area contributed by atoms with E-state index in [0.717, 1.165) is 30.6 Å². The molecule has 0 saturated heterocycles. The Balaban J connectivity index is 1.89. The van der Waals surface area contributed by atoms with E-state index in [4.69, 9.17) is 0 Å². The van der Waals surface area contributed by atoms with Crippen molar-refractivity contribution in [1.29, 1.82) is 0 Å². The van der Waals surface area contributed by atoms with E-state index in [-0.39, 0.29) is 17.3 Å². The molecular weight excluding hydrogens is 333 g/mol. The minimum Gasteiger partial charge on any atom is -0.359 e. The molecule has 4 rings (SSSR count). The summed E-state index contributed by atoms with van der Waals surface area (Å²) in [7, 11) is 0. The number of hydrogen-bond acceptors (Lipinski definition) is 1. The summed E-state index contributed by atoms with van der Waals surface area (Å²) in [5, 5.41) is 0. The van der Waals surface area contributed by atoms with Crippen LogP contribution < -0.4 is 4.90 Å². The molecule has 27 heavy (non-hydrogen) atoms. The fraction of sp³-hybridized carbons (Fsp3) is 0.280. The first-order chi connectivity index (χ1) is 13.2. The highest BCUT2D eigenvalue weighted by atomic mass is 19.1. The zero-order valence-electron chi connectivity index (χ0n) is 16.0. The molecule has 3 aromatic carbocycles. The van der Waals surface area contributed by atoms with E-state index in [1.165, 1.54) is 11.1 Å². The van der Waals surface area contributed by atoms with Gasteiger partial charge >= 0.3 is 0 Å². The molecule has 1 nitrogen and oxygen atoms in total. The molecule has 0 aromatic heterocycles. The van der Waals surface area contributed by atoms with E-state index in [1.807, 2.05) is 6.07 Å². The molecule has 1 aliphatic rings. The number of anilines is 1. The molecule has 0 atom stereocenters. The molecule has 0 aliphatic carbocycles. The summed E-state index contributed by atoms with van der Waals surface area (Å²) in [6.07, 6.45) is 2.01. The van der Waals surface area contributed by atoms with Crippen LogP contribution in [0.15, 0.2) is 78.9 Å². The fourth-order valence-corrected chi connectivity index (χ4v) is 4.59. The van der Waals surface area contributed by atoms with Crippen LogP contribution in [0.4, 0.5) is 10.1 Å². The summed E-state index contributed by atoms with van der Waals surface area (Å²) in [6.45, 7) is 5.36. The second-order valence-electron chi connectivity index (χ2n) is 7.50. The van der Waals surface area contributed by atoms with Gasteiger partial charge in [-0.1, -0.05) is 74.5 Å². The van der Waals surface area contributed by atoms with Gasteiger partial charge in [0, 0.05) is 17.6 Å². The van der Waals surface area contributed by atoms with Gasteiger partial charge in [-0.2, -0.15) is 0 Å². The summed E-state index contributed by atoms with van der Waals surface area (Å²) < 4.78 is 14.1. The third-order valence-corrected chi connectivity index (χ3v) is 6.21. The van der Waals surface area contributed by atoms with Crippen LogP contribution in [0, 0.1) is 5.82 Å². The number of rotatable bonds is 5. The molecule has 0 saturated carbocycles. The van der Waals surface area contributed by atoms with Crippen LogP contribution in [0.2, 0.25) is 0 Å². The molecular formula is C25H26FN. The molecule has 3 aromatic rings. The van der Waals surface area contributed by atoms with Crippen molar-refractivity contribution < 1.29 is 4.39 Å². The van der Waals surface area contributed by atoms with E-state index in [1.54, 1.807) is 12.1 Å².